The van der Waals surface area contributed by atoms with E-state index in [9.17, 15) is 56.4 Å². The molecular formula is C76H69Cl6F3N12O9S. The number of nitrogens with zero attached hydrogens (tertiary/aromatic N) is 4. The van der Waals surface area contributed by atoms with Crippen LogP contribution in [0.3, 0.4) is 0 Å². The summed E-state index contributed by atoms with van der Waals surface area (Å²) in [6, 6.07) is 32.9. The van der Waals surface area contributed by atoms with Crippen molar-refractivity contribution < 1.29 is 56.4 Å². The van der Waals surface area contributed by atoms with E-state index in [0.717, 1.165) is 45.3 Å². The molecule has 3 amide bonds. The van der Waals surface area contributed by atoms with Crippen molar-refractivity contribution in [3.8, 4) is 50.3 Å². The number of sulfonamides is 1. The van der Waals surface area contributed by atoms with Gasteiger partial charge in [0.15, 0.2) is 5.03 Å². The van der Waals surface area contributed by atoms with Crippen LogP contribution in [0.5, 0.6) is 5.75 Å². The van der Waals surface area contributed by atoms with E-state index in [1.165, 1.54) is 48.7 Å². The van der Waals surface area contributed by atoms with Gasteiger partial charge in [-0.1, -0.05) is 118 Å². The first-order valence-electron chi connectivity index (χ1n) is 32.4. The van der Waals surface area contributed by atoms with Gasteiger partial charge >= 0.3 is 0 Å². The predicted octanol–water partition coefficient (Wildman–Crippen LogP) is 16.1. The number of aliphatic hydroxyl groups excluding tert-OH is 3. The highest BCUT2D eigenvalue weighted by molar-refractivity contribution is 7.89. The number of hydrogen-bond donors (Lipinski definition) is 12. The molecule has 0 aliphatic carbocycles. The van der Waals surface area contributed by atoms with Crippen molar-refractivity contribution in [3.05, 3.63) is 292 Å². The molecule has 3 atom stereocenters. The highest BCUT2D eigenvalue weighted by Crippen LogP contribution is 2.38. The summed E-state index contributed by atoms with van der Waals surface area (Å²) in [5, 5.41) is 49.4. The molecule has 0 aliphatic heterocycles. The van der Waals surface area contributed by atoms with Gasteiger partial charge in [-0.25, -0.2) is 46.2 Å². The van der Waals surface area contributed by atoms with Crippen molar-refractivity contribution in [1.82, 2.24) is 60.5 Å². The minimum absolute atomic E-state index is 0.0159. The minimum atomic E-state index is -3.92. The van der Waals surface area contributed by atoms with Crippen LogP contribution in [-0.4, -0.2) is 106 Å². The van der Waals surface area contributed by atoms with Crippen LogP contribution >= 0.6 is 69.6 Å². The lowest BCUT2D eigenvalue weighted by Crippen LogP contribution is -2.31. The highest BCUT2D eigenvalue weighted by atomic mass is 35.5. The molecule has 0 radical (unpaired) electrons. The van der Waals surface area contributed by atoms with Crippen LogP contribution in [0.2, 0.25) is 30.7 Å². The van der Waals surface area contributed by atoms with Crippen LogP contribution in [-0.2, 0) is 16.6 Å². The Balaban J connectivity index is 0.000000165. The van der Waals surface area contributed by atoms with Crippen molar-refractivity contribution in [3.63, 3.8) is 0 Å². The third-order valence-electron chi connectivity index (χ3n) is 16.8. The van der Waals surface area contributed by atoms with E-state index >= 15 is 0 Å². The van der Waals surface area contributed by atoms with Gasteiger partial charge in [-0.05, 0) is 182 Å². The minimum Gasteiger partial charge on any atom is -0.506 e. The maximum Gasteiger partial charge on any atom is 0.268 e. The smallest absolute Gasteiger partial charge is 0.268 e. The molecule has 0 bridgehead atoms. The summed E-state index contributed by atoms with van der Waals surface area (Å²) in [7, 11) is -3.92. The normalized spacial score (nSPS) is 11.9. The molecule has 8 aromatic heterocycles. The molecule has 12 N–H and O–H groups in total. The van der Waals surface area contributed by atoms with Crippen LogP contribution in [0.25, 0.3) is 44.5 Å². The molecule has 4 aromatic carbocycles. The lowest BCUT2D eigenvalue weighted by Gasteiger charge is -2.17. The standard InChI is InChI=1S/C20H18ClF2N3O2.C19H17Cl2N3O2.C19H17ClFN3O2.C18H17Cl2N3O3S/c1-10-18(14-7-17(21)24-8-15(14)23)11(2)25-19(10)20(28)26-16(9-27)12-3-5-13(22)6-4-12;1-11-8-23-18(21)7-15(11)13-6-16(22-9-13)19(26)24-17(10-25)12-3-2-4-14(20)5-12;1-10-17(14-7-16(20)22-9-15(14)25)11(2)24-18(10)19(26)23-8-12-3-5-13(21)6-4-12;1-11-15(12-5-6-21-17(20)8-12)9-22-18(11)27(25,26)23-16(10-24)13-3-2-4-14(19)7-13/h3-8,16,25,27H,9H2,1-2H3,(H,26,28);2-9,17,22,25H,10H2,1H3,(H,24,26);3-7,9,24-25H,8H2,1-2H3,(H,23,26);2-9,16,22-24H,10H2,1H3/t;17-;;16-/m.1.1/s1. The number of halogens is 9. The molecule has 0 saturated carbocycles. The number of benzene rings is 4. The zero-order chi connectivity index (χ0) is 77.6. The van der Waals surface area contributed by atoms with Crippen molar-refractivity contribution in [2.45, 2.75) is 71.2 Å². The molecule has 31 heteroatoms. The number of hydrogen-bond acceptors (Lipinski definition) is 13. The quantitative estimate of drug-likeness (QED) is 0.0316. The Labute approximate surface area is 643 Å². The van der Waals surface area contributed by atoms with E-state index in [1.54, 1.807) is 143 Å². The molecule has 107 heavy (non-hydrogen) atoms. The first kappa shape index (κ1) is 81.2. The van der Waals surface area contributed by atoms with E-state index in [1.807, 2.05) is 13.8 Å². The number of aromatic nitrogens is 8. The van der Waals surface area contributed by atoms with Crippen molar-refractivity contribution in [1.29, 1.82) is 0 Å². The highest BCUT2D eigenvalue weighted by Gasteiger charge is 2.28. The fourth-order valence-electron chi connectivity index (χ4n) is 11.5. The molecule has 0 fully saturated rings. The van der Waals surface area contributed by atoms with Gasteiger partial charge in [0.1, 0.15) is 60.9 Å². The average molecular weight is 1600 g/mol. The van der Waals surface area contributed by atoms with E-state index in [2.05, 4.69) is 60.5 Å². The van der Waals surface area contributed by atoms with Gasteiger partial charge in [0.25, 0.3) is 27.7 Å². The SMILES string of the molecule is Cc1[nH]c(C(=O)NC(CO)c2ccc(F)cc2)c(C)c1-c1cc(Cl)ncc1F.Cc1[nH]c(C(=O)NCc2ccc(F)cc2)c(C)c1-c1cc(Cl)ncc1O.Cc1c(-c2ccnc(Cl)c2)c[nH]c1S(=O)(=O)N[C@H](CO)c1cccc(Cl)c1.Cc1cnc(Cl)cc1-c1c[nH]c(C(=O)N[C@H](CO)c2cccc(Cl)c2)c1. The Kier molecular flexibility index (Phi) is 27.8. The molecule has 0 spiro atoms. The second-order valence-corrected chi connectivity index (χ2v) is 28.2. The Bertz CT molecular complexity index is 5300. The molecule has 12 rings (SSSR count). The maximum atomic E-state index is 14.2. The number of nitrogens with one attached hydrogen (secondary N) is 8. The number of carbonyl (C=O) groups excluding carboxylic acids is 3. The molecule has 8 heterocycles. The summed E-state index contributed by atoms with van der Waals surface area (Å²) in [5.74, 6) is -2.40. The van der Waals surface area contributed by atoms with Gasteiger partial charge in [0.05, 0.1) is 50.3 Å². The summed E-state index contributed by atoms with van der Waals surface area (Å²) < 4.78 is 68.5. The number of aliphatic hydroxyl groups is 3. The largest absolute Gasteiger partial charge is 0.506 e. The topological polar surface area (TPSA) is 329 Å². The summed E-state index contributed by atoms with van der Waals surface area (Å²) in [6.45, 7) is 9.89. The fraction of sp³-hybridized carbons (Fsp3) is 0.171. The molecule has 12 aromatic rings. The number of H-pyrrole nitrogens is 4. The fourth-order valence-corrected chi connectivity index (χ4v) is 14.0. The summed E-state index contributed by atoms with van der Waals surface area (Å²) in [5.41, 5.74) is 12.8. The summed E-state index contributed by atoms with van der Waals surface area (Å²) in [4.78, 5) is 65.1. The van der Waals surface area contributed by atoms with Crippen LogP contribution in [0.1, 0.15) is 105 Å². The number of aromatic hydroxyl groups is 1. The Morgan fingerprint density at radius 3 is 1.61 bits per heavy atom. The first-order chi connectivity index (χ1) is 51.0. The summed E-state index contributed by atoms with van der Waals surface area (Å²) >= 11 is 35.6. The van der Waals surface area contributed by atoms with Crippen LogP contribution in [0.15, 0.2) is 176 Å². The predicted molar refractivity (Wildman–Crippen MR) is 408 cm³/mol. The third-order valence-corrected chi connectivity index (χ3v) is 19.7. The summed E-state index contributed by atoms with van der Waals surface area (Å²) in [6.07, 6.45) is 8.88. The van der Waals surface area contributed by atoms with Gasteiger partial charge in [0, 0.05) is 86.1 Å². The Morgan fingerprint density at radius 2 is 1.02 bits per heavy atom. The van der Waals surface area contributed by atoms with E-state index in [4.69, 9.17) is 69.6 Å². The number of rotatable bonds is 20. The third kappa shape index (κ3) is 20.6. The average Bonchev–Trinajstić information content (AvgIpc) is 1.66. The number of pyridine rings is 4. The van der Waals surface area contributed by atoms with Crippen LogP contribution in [0.4, 0.5) is 13.2 Å². The van der Waals surface area contributed by atoms with Gasteiger partial charge < -0.3 is 56.3 Å². The van der Waals surface area contributed by atoms with E-state index < -0.39 is 52.3 Å². The van der Waals surface area contributed by atoms with Crippen molar-refractivity contribution >= 4 is 97.4 Å². The molecule has 1 unspecified atom stereocenters. The molecule has 556 valence electrons. The number of aromatic amines is 4. The number of aryl methyl sites for hydroxylation is 3. The van der Waals surface area contributed by atoms with Crippen molar-refractivity contribution in [2.75, 3.05) is 19.8 Å². The Morgan fingerprint density at radius 1 is 0.505 bits per heavy atom. The molecule has 21 nitrogen and oxygen atoms in total. The number of carbonyl (C=O) groups is 3. The monoisotopic (exact) mass is 1590 g/mol. The van der Waals surface area contributed by atoms with Gasteiger partial charge in [-0.3, -0.25) is 14.4 Å². The van der Waals surface area contributed by atoms with Crippen molar-refractivity contribution in [2.24, 2.45) is 0 Å². The lowest BCUT2D eigenvalue weighted by molar-refractivity contribution is 0.0904. The second-order valence-electron chi connectivity index (χ2n) is 24.2. The molecule has 0 saturated heterocycles. The maximum absolute atomic E-state index is 14.2. The Hall–Kier alpha value is -9.87. The van der Waals surface area contributed by atoms with Crippen LogP contribution in [0, 0.1) is 59.0 Å². The van der Waals surface area contributed by atoms with Gasteiger partial charge in [0.2, 0.25) is 0 Å². The molecule has 0 aliphatic rings. The zero-order valence-corrected chi connectivity index (χ0v) is 63.0. The van der Waals surface area contributed by atoms with Gasteiger partial charge in [-0.15, -0.1) is 0 Å². The first-order valence-corrected chi connectivity index (χ1v) is 36.1. The van der Waals surface area contributed by atoms with E-state index in [0.29, 0.717) is 87.5 Å². The van der Waals surface area contributed by atoms with Gasteiger partial charge in [-0.2, -0.15) is 0 Å². The zero-order valence-electron chi connectivity index (χ0n) is 57.7. The lowest BCUT2D eigenvalue weighted by atomic mass is 10.0. The second kappa shape index (κ2) is 36.6. The number of amides is 3. The van der Waals surface area contributed by atoms with E-state index in [-0.39, 0.29) is 69.7 Å². The molecular weight excluding hydrogens is 1530 g/mol. The van der Waals surface area contributed by atoms with Crippen LogP contribution < -0.4 is 20.7 Å².